The Morgan fingerprint density at radius 3 is 2.57 bits per heavy atom. The molecule has 2 rings (SSSR count). The molecule has 5 heteroatoms. The summed E-state index contributed by atoms with van der Waals surface area (Å²) in [6, 6.07) is -0.430. The molecular formula is C18H32N2O3. The summed E-state index contributed by atoms with van der Waals surface area (Å²) in [5.74, 6) is 0.752. The quantitative estimate of drug-likeness (QED) is 0.865. The Kier molecular flexibility index (Phi) is 5.71. The van der Waals surface area contributed by atoms with Gasteiger partial charge >= 0.3 is 0 Å². The lowest BCUT2D eigenvalue weighted by molar-refractivity contribution is -0.163. The molecule has 1 saturated carbocycles. The summed E-state index contributed by atoms with van der Waals surface area (Å²) in [5, 5.41) is 2.94. The highest BCUT2D eigenvalue weighted by Gasteiger charge is 2.53. The molecule has 0 aromatic rings. The van der Waals surface area contributed by atoms with Gasteiger partial charge in [0.2, 0.25) is 11.8 Å². The van der Waals surface area contributed by atoms with E-state index in [0.29, 0.717) is 18.9 Å². The van der Waals surface area contributed by atoms with E-state index in [9.17, 15) is 9.59 Å². The number of nitrogens with one attached hydrogen (secondary N) is 1. The van der Waals surface area contributed by atoms with Crippen LogP contribution in [0.4, 0.5) is 0 Å². The molecule has 1 heterocycles. The Labute approximate surface area is 140 Å². The standard InChI is InChI=1S/C18H32N2O3/c1-12(2)9-16(21)20-15(17(22)19-13(3)4)11-23-18(20)8-6-7-14(5)10-18/h12-15H,6-11H2,1-5H3,(H,19,22)/t14-,15+,18-/m1/s1. The molecule has 1 spiro atoms. The van der Waals surface area contributed by atoms with Crippen molar-refractivity contribution in [1.82, 2.24) is 10.2 Å². The first kappa shape index (κ1) is 18.2. The number of amides is 2. The zero-order valence-corrected chi connectivity index (χ0v) is 15.2. The first-order chi connectivity index (χ1) is 10.7. The SMILES string of the molecule is CC(C)CC(=O)N1[C@H](C(=O)NC(C)C)CO[C@@]12CCC[C@@H](C)C2. The van der Waals surface area contributed by atoms with Crippen LogP contribution in [-0.4, -0.2) is 41.1 Å². The average molecular weight is 324 g/mol. The van der Waals surface area contributed by atoms with Crippen molar-refractivity contribution in [2.45, 2.75) is 84.5 Å². The van der Waals surface area contributed by atoms with Crippen LogP contribution in [0.15, 0.2) is 0 Å². The third-order valence-corrected chi connectivity index (χ3v) is 4.78. The van der Waals surface area contributed by atoms with Crippen LogP contribution < -0.4 is 5.32 Å². The van der Waals surface area contributed by atoms with Gasteiger partial charge in [0, 0.05) is 12.5 Å². The molecule has 23 heavy (non-hydrogen) atoms. The molecule has 1 N–H and O–H groups in total. The highest BCUT2D eigenvalue weighted by Crippen LogP contribution is 2.43. The predicted molar refractivity (Wildman–Crippen MR) is 89.7 cm³/mol. The molecule has 5 nitrogen and oxygen atoms in total. The maximum absolute atomic E-state index is 12.9. The first-order valence-corrected chi connectivity index (χ1v) is 9.01. The summed E-state index contributed by atoms with van der Waals surface area (Å²) in [7, 11) is 0. The van der Waals surface area contributed by atoms with Gasteiger partial charge in [0.25, 0.3) is 0 Å². The van der Waals surface area contributed by atoms with Crippen molar-refractivity contribution >= 4 is 11.8 Å². The molecular weight excluding hydrogens is 292 g/mol. The van der Waals surface area contributed by atoms with E-state index in [0.717, 1.165) is 19.3 Å². The van der Waals surface area contributed by atoms with E-state index in [1.165, 1.54) is 6.42 Å². The monoisotopic (exact) mass is 324 g/mol. The Hall–Kier alpha value is -1.10. The van der Waals surface area contributed by atoms with E-state index in [4.69, 9.17) is 4.74 Å². The first-order valence-electron chi connectivity index (χ1n) is 9.01. The Balaban J connectivity index is 2.25. The summed E-state index contributed by atoms with van der Waals surface area (Å²) in [5.41, 5.74) is -0.567. The molecule has 0 aromatic heterocycles. The second kappa shape index (κ2) is 7.20. The second-order valence-electron chi connectivity index (χ2n) is 8.00. The Morgan fingerprint density at radius 1 is 1.30 bits per heavy atom. The van der Waals surface area contributed by atoms with E-state index in [1.54, 1.807) is 4.90 Å². The second-order valence-corrected chi connectivity index (χ2v) is 8.00. The van der Waals surface area contributed by atoms with E-state index in [-0.39, 0.29) is 23.8 Å². The number of hydrogen-bond donors (Lipinski definition) is 1. The fourth-order valence-electron chi connectivity index (χ4n) is 3.91. The van der Waals surface area contributed by atoms with Crippen LogP contribution in [0.25, 0.3) is 0 Å². The predicted octanol–water partition coefficient (Wildman–Crippen LogP) is 2.69. The molecule has 2 amide bonds. The van der Waals surface area contributed by atoms with Gasteiger partial charge in [0.15, 0.2) is 0 Å². The van der Waals surface area contributed by atoms with Gasteiger partial charge in [-0.3, -0.25) is 14.5 Å². The van der Waals surface area contributed by atoms with Crippen LogP contribution in [0.2, 0.25) is 0 Å². The van der Waals surface area contributed by atoms with Gasteiger partial charge in [-0.15, -0.1) is 0 Å². The van der Waals surface area contributed by atoms with Crippen LogP contribution in [0.1, 0.15) is 66.7 Å². The lowest BCUT2D eigenvalue weighted by Gasteiger charge is -2.43. The van der Waals surface area contributed by atoms with Crippen molar-refractivity contribution in [3.63, 3.8) is 0 Å². The highest BCUT2D eigenvalue weighted by molar-refractivity contribution is 5.89. The van der Waals surface area contributed by atoms with Crippen LogP contribution in [0.5, 0.6) is 0 Å². The summed E-state index contributed by atoms with van der Waals surface area (Å²) in [4.78, 5) is 27.3. The summed E-state index contributed by atoms with van der Waals surface area (Å²) >= 11 is 0. The van der Waals surface area contributed by atoms with Crippen molar-refractivity contribution in [3.8, 4) is 0 Å². The fraction of sp³-hybridized carbons (Fsp3) is 0.889. The summed E-state index contributed by atoms with van der Waals surface area (Å²) < 4.78 is 6.13. The van der Waals surface area contributed by atoms with Crippen molar-refractivity contribution in [2.75, 3.05) is 6.61 Å². The van der Waals surface area contributed by atoms with Gasteiger partial charge in [0.05, 0.1) is 6.61 Å². The number of hydrogen-bond acceptors (Lipinski definition) is 3. The molecule has 1 saturated heterocycles. The molecule has 0 unspecified atom stereocenters. The van der Waals surface area contributed by atoms with Gasteiger partial charge in [-0.05, 0) is 44.9 Å². The molecule has 0 aromatic carbocycles. The number of carbonyl (C=O) groups excluding carboxylic acids is 2. The number of ether oxygens (including phenoxy) is 1. The van der Waals surface area contributed by atoms with Crippen LogP contribution in [0, 0.1) is 11.8 Å². The molecule has 2 fully saturated rings. The third kappa shape index (κ3) is 4.06. The summed E-state index contributed by atoms with van der Waals surface area (Å²) in [6.45, 7) is 10.5. The number of carbonyl (C=O) groups is 2. The van der Waals surface area contributed by atoms with E-state index in [2.05, 4.69) is 12.2 Å². The maximum Gasteiger partial charge on any atom is 0.245 e. The van der Waals surface area contributed by atoms with Crippen LogP contribution >= 0.6 is 0 Å². The minimum absolute atomic E-state index is 0.0514. The zero-order valence-electron chi connectivity index (χ0n) is 15.2. The van der Waals surface area contributed by atoms with Gasteiger partial charge in [-0.1, -0.05) is 27.2 Å². The minimum atomic E-state index is -0.567. The van der Waals surface area contributed by atoms with E-state index >= 15 is 0 Å². The molecule has 3 atom stereocenters. The smallest absolute Gasteiger partial charge is 0.245 e. The van der Waals surface area contributed by atoms with Crippen molar-refractivity contribution in [1.29, 1.82) is 0 Å². The van der Waals surface area contributed by atoms with Gasteiger partial charge in [-0.2, -0.15) is 0 Å². The third-order valence-electron chi connectivity index (χ3n) is 4.78. The normalized spacial score (nSPS) is 31.2. The minimum Gasteiger partial charge on any atom is -0.353 e. The number of nitrogens with zero attached hydrogens (tertiary/aromatic N) is 1. The average Bonchev–Trinajstić information content (AvgIpc) is 2.75. The molecule has 0 radical (unpaired) electrons. The van der Waals surface area contributed by atoms with Crippen molar-refractivity contribution in [3.05, 3.63) is 0 Å². The molecule has 132 valence electrons. The molecule has 1 aliphatic heterocycles. The maximum atomic E-state index is 12.9. The lowest BCUT2D eigenvalue weighted by Crippen LogP contribution is -2.57. The zero-order chi connectivity index (χ0) is 17.2. The Morgan fingerprint density at radius 2 is 2.00 bits per heavy atom. The van der Waals surface area contributed by atoms with Crippen molar-refractivity contribution < 1.29 is 14.3 Å². The summed E-state index contributed by atoms with van der Waals surface area (Å²) in [6.07, 6.45) is 4.35. The van der Waals surface area contributed by atoms with E-state index < -0.39 is 11.8 Å². The topological polar surface area (TPSA) is 58.6 Å². The van der Waals surface area contributed by atoms with Crippen LogP contribution in [0.3, 0.4) is 0 Å². The van der Waals surface area contributed by atoms with E-state index in [1.807, 2.05) is 27.7 Å². The molecule has 2 aliphatic rings. The fourth-order valence-corrected chi connectivity index (χ4v) is 3.91. The lowest BCUT2D eigenvalue weighted by atomic mass is 9.83. The van der Waals surface area contributed by atoms with Crippen molar-refractivity contribution in [2.24, 2.45) is 11.8 Å². The number of rotatable bonds is 4. The van der Waals surface area contributed by atoms with Crippen LogP contribution in [-0.2, 0) is 14.3 Å². The molecule has 1 aliphatic carbocycles. The van der Waals surface area contributed by atoms with Gasteiger partial charge in [0.1, 0.15) is 11.8 Å². The molecule has 0 bridgehead atoms. The highest BCUT2D eigenvalue weighted by atomic mass is 16.5. The van der Waals surface area contributed by atoms with Gasteiger partial charge in [-0.25, -0.2) is 0 Å². The largest absolute Gasteiger partial charge is 0.353 e. The van der Waals surface area contributed by atoms with Gasteiger partial charge < -0.3 is 10.1 Å². The Bertz CT molecular complexity index is 450.